The quantitative estimate of drug-likeness (QED) is 0.528. The molecular formula is C23H23ClN4O4. The molecule has 3 rings (SSSR count). The van der Waals surface area contributed by atoms with Crippen LogP contribution in [0.25, 0.3) is 5.69 Å². The van der Waals surface area contributed by atoms with Gasteiger partial charge in [0.2, 0.25) is 0 Å². The molecule has 0 bridgehead atoms. The summed E-state index contributed by atoms with van der Waals surface area (Å²) in [6.45, 7) is 3.75. The van der Waals surface area contributed by atoms with Gasteiger partial charge < -0.3 is 15.4 Å². The van der Waals surface area contributed by atoms with Crippen LogP contribution in [0.5, 0.6) is 0 Å². The van der Waals surface area contributed by atoms with Crippen LogP contribution in [0.2, 0.25) is 5.02 Å². The first-order valence-corrected chi connectivity index (χ1v) is 10.3. The zero-order valence-electron chi connectivity index (χ0n) is 17.9. The van der Waals surface area contributed by atoms with Gasteiger partial charge in [-0.25, -0.2) is 4.68 Å². The van der Waals surface area contributed by atoms with Crippen molar-refractivity contribution >= 4 is 35.1 Å². The monoisotopic (exact) mass is 454 g/mol. The highest BCUT2D eigenvalue weighted by molar-refractivity contribution is 6.30. The highest BCUT2D eigenvalue weighted by Crippen LogP contribution is 2.25. The van der Waals surface area contributed by atoms with Gasteiger partial charge in [-0.3, -0.25) is 14.4 Å². The van der Waals surface area contributed by atoms with Gasteiger partial charge in [0.1, 0.15) is 6.54 Å². The second-order valence-corrected chi connectivity index (χ2v) is 7.72. The number of rotatable bonds is 7. The van der Waals surface area contributed by atoms with E-state index < -0.39 is 11.9 Å². The Morgan fingerprint density at radius 1 is 1.09 bits per heavy atom. The average Bonchev–Trinajstić information content (AvgIpc) is 3.23. The molecule has 0 aliphatic carbocycles. The molecule has 2 N–H and O–H groups in total. The van der Waals surface area contributed by atoms with Gasteiger partial charge in [0, 0.05) is 16.3 Å². The number of esters is 1. The topological polar surface area (TPSA) is 102 Å². The van der Waals surface area contributed by atoms with Crippen molar-refractivity contribution in [3.05, 3.63) is 76.6 Å². The third-order valence-corrected chi connectivity index (χ3v) is 4.91. The van der Waals surface area contributed by atoms with E-state index in [9.17, 15) is 14.4 Å². The van der Waals surface area contributed by atoms with Crippen molar-refractivity contribution in [2.75, 3.05) is 19.0 Å². The molecule has 0 radical (unpaired) electrons. The van der Waals surface area contributed by atoms with Gasteiger partial charge in [0.15, 0.2) is 0 Å². The molecular weight excluding hydrogens is 432 g/mol. The zero-order valence-corrected chi connectivity index (χ0v) is 18.6. The van der Waals surface area contributed by atoms with Crippen LogP contribution in [0.15, 0.2) is 54.7 Å². The SMILES string of the molecule is COC(=O)CNC(=O)c1ccc(NC(=O)c2cnn(-c3cccc(Cl)c3)c2C(C)C)cc1. The van der Waals surface area contributed by atoms with Crippen LogP contribution in [0, 0.1) is 0 Å². The van der Waals surface area contributed by atoms with Crippen LogP contribution in [0.4, 0.5) is 5.69 Å². The van der Waals surface area contributed by atoms with Crippen molar-refractivity contribution in [3.63, 3.8) is 0 Å². The number of methoxy groups -OCH3 is 1. The molecule has 166 valence electrons. The molecule has 0 unspecified atom stereocenters. The summed E-state index contributed by atoms with van der Waals surface area (Å²) in [5, 5.41) is 10.3. The number of aromatic nitrogens is 2. The summed E-state index contributed by atoms with van der Waals surface area (Å²) in [5.41, 5.74) is 2.83. The summed E-state index contributed by atoms with van der Waals surface area (Å²) in [7, 11) is 1.25. The summed E-state index contributed by atoms with van der Waals surface area (Å²) in [4.78, 5) is 36.2. The average molecular weight is 455 g/mol. The van der Waals surface area contributed by atoms with Crippen LogP contribution in [-0.4, -0.2) is 41.2 Å². The first-order chi connectivity index (χ1) is 15.3. The second kappa shape index (κ2) is 10.1. The maximum Gasteiger partial charge on any atom is 0.325 e. The third-order valence-electron chi connectivity index (χ3n) is 4.68. The number of carbonyl (C=O) groups is 3. The first kappa shape index (κ1) is 23.0. The van der Waals surface area contributed by atoms with E-state index in [1.807, 2.05) is 26.0 Å². The lowest BCUT2D eigenvalue weighted by Gasteiger charge is -2.13. The Hall–Kier alpha value is -3.65. The summed E-state index contributed by atoms with van der Waals surface area (Å²) in [6, 6.07) is 13.6. The lowest BCUT2D eigenvalue weighted by molar-refractivity contribution is -0.139. The number of halogens is 1. The highest BCUT2D eigenvalue weighted by atomic mass is 35.5. The molecule has 0 aliphatic rings. The number of anilines is 1. The molecule has 8 nitrogen and oxygen atoms in total. The fraction of sp³-hybridized carbons (Fsp3) is 0.217. The van der Waals surface area contributed by atoms with Gasteiger partial charge in [-0.05, 0) is 48.4 Å². The summed E-state index contributed by atoms with van der Waals surface area (Å²) < 4.78 is 6.20. The number of amides is 2. The van der Waals surface area contributed by atoms with Gasteiger partial charge in [-0.2, -0.15) is 5.10 Å². The summed E-state index contributed by atoms with van der Waals surface area (Å²) >= 11 is 6.11. The molecule has 0 saturated carbocycles. The fourth-order valence-electron chi connectivity index (χ4n) is 3.13. The molecule has 2 aromatic carbocycles. The van der Waals surface area contributed by atoms with Crippen LogP contribution >= 0.6 is 11.6 Å². The van der Waals surface area contributed by atoms with Gasteiger partial charge in [0.05, 0.1) is 30.3 Å². The van der Waals surface area contributed by atoms with Gasteiger partial charge in [-0.15, -0.1) is 0 Å². The number of hydrogen-bond donors (Lipinski definition) is 2. The Labute approximate surface area is 190 Å². The Kier molecular flexibility index (Phi) is 7.27. The van der Waals surface area contributed by atoms with Crippen molar-refractivity contribution in [1.82, 2.24) is 15.1 Å². The highest BCUT2D eigenvalue weighted by Gasteiger charge is 2.21. The van der Waals surface area contributed by atoms with Crippen molar-refractivity contribution in [2.24, 2.45) is 0 Å². The normalized spacial score (nSPS) is 10.7. The largest absolute Gasteiger partial charge is 0.468 e. The lowest BCUT2D eigenvalue weighted by atomic mass is 10.0. The van der Waals surface area contributed by atoms with Crippen LogP contribution in [-0.2, 0) is 9.53 Å². The molecule has 0 spiro atoms. The lowest BCUT2D eigenvalue weighted by Crippen LogP contribution is -2.30. The molecule has 1 aromatic heterocycles. The van der Waals surface area contributed by atoms with E-state index in [2.05, 4.69) is 20.5 Å². The smallest absolute Gasteiger partial charge is 0.325 e. The first-order valence-electron chi connectivity index (χ1n) is 9.90. The molecule has 0 atom stereocenters. The van der Waals surface area contributed by atoms with Crippen LogP contribution in [0.1, 0.15) is 46.2 Å². The second-order valence-electron chi connectivity index (χ2n) is 7.28. The van der Waals surface area contributed by atoms with E-state index in [0.717, 1.165) is 11.4 Å². The summed E-state index contributed by atoms with van der Waals surface area (Å²) in [6.07, 6.45) is 1.53. The van der Waals surface area contributed by atoms with E-state index in [0.29, 0.717) is 21.8 Å². The van der Waals surface area contributed by atoms with Gasteiger partial charge in [-0.1, -0.05) is 31.5 Å². The minimum atomic E-state index is -0.540. The fourth-order valence-corrected chi connectivity index (χ4v) is 3.32. The third kappa shape index (κ3) is 5.33. The number of ether oxygens (including phenoxy) is 1. The van der Waals surface area contributed by atoms with E-state index in [1.165, 1.54) is 13.3 Å². The summed E-state index contributed by atoms with van der Waals surface area (Å²) in [5.74, 6) is -1.25. The Morgan fingerprint density at radius 2 is 1.81 bits per heavy atom. The van der Waals surface area contributed by atoms with Gasteiger partial charge >= 0.3 is 5.97 Å². The van der Waals surface area contributed by atoms with E-state index in [4.69, 9.17) is 11.6 Å². The van der Waals surface area contributed by atoms with Gasteiger partial charge in [0.25, 0.3) is 11.8 Å². The predicted octanol–water partition coefficient (Wildman–Crippen LogP) is 3.80. The van der Waals surface area contributed by atoms with Crippen molar-refractivity contribution < 1.29 is 19.1 Å². The molecule has 2 amide bonds. The zero-order chi connectivity index (χ0) is 23.3. The molecule has 1 heterocycles. The molecule has 0 fully saturated rings. The molecule has 32 heavy (non-hydrogen) atoms. The van der Waals surface area contributed by atoms with Crippen molar-refractivity contribution in [3.8, 4) is 5.69 Å². The minimum Gasteiger partial charge on any atom is -0.468 e. The minimum absolute atomic E-state index is 0.0260. The van der Waals surface area contributed by atoms with E-state index in [1.54, 1.807) is 41.1 Å². The Balaban J connectivity index is 1.76. The Bertz CT molecular complexity index is 1140. The standard InChI is InChI=1S/C23H23ClN4O4/c1-14(2)21-19(12-26-28(21)18-6-4-5-16(24)11-18)23(31)27-17-9-7-15(8-10-17)22(30)25-13-20(29)32-3/h4-12,14H,13H2,1-3H3,(H,25,30)(H,27,31). The molecule has 3 aromatic rings. The van der Waals surface area contributed by atoms with E-state index in [-0.39, 0.29) is 18.4 Å². The molecule has 0 saturated heterocycles. The van der Waals surface area contributed by atoms with Crippen molar-refractivity contribution in [2.45, 2.75) is 19.8 Å². The molecule has 9 heteroatoms. The number of benzene rings is 2. The van der Waals surface area contributed by atoms with E-state index >= 15 is 0 Å². The number of hydrogen-bond acceptors (Lipinski definition) is 5. The van der Waals surface area contributed by atoms with Crippen molar-refractivity contribution in [1.29, 1.82) is 0 Å². The van der Waals surface area contributed by atoms with Crippen LogP contribution < -0.4 is 10.6 Å². The van der Waals surface area contributed by atoms with Crippen LogP contribution in [0.3, 0.4) is 0 Å². The predicted molar refractivity (Wildman–Crippen MR) is 121 cm³/mol. The maximum atomic E-state index is 13.0. The maximum absolute atomic E-state index is 13.0. The molecule has 0 aliphatic heterocycles. The number of nitrogens with one attached hydrogen (secondary N) is 2. The Morgan fingerprint density at radius 3 is 2.44 bits per heavy atom. The number of nitrogens with zero attached hydrogens (tertiary/aromatic N) is 2. The number of carbonyl (C=O) groups excluding carboxylic acids is 3.